The van der Waals surface area contributed by atoms with Crippen molar-refractivity contribution in [2.75, 3.05) is 6.54 Å². The summed E-state index contributed by atoms with van der Waals surface area (Å²) < 4.78 is 23.0. The van der Waals surface area contributed by atoms with Crippen molar-refractivity contribution >= 4 is 29.8 Å². The Kier molecular flexibility index (Phi) is 14.2. The van der Waals surface area contributed by atoms with Gasteiger partial charge in [-0.05, 0) is 88.0 Å². The first-order valence-electron chi connectivity index (χ1n) is 17.0. The van der Waals surface area contributed by atoms with Crippen LogP contribution in [-0.2, 0) is 38.1 Å². The normalized spacial score (nSPS) is 25.6. The maximum atomic E-state index is 14.1. The zero-order valence-electron chi connectivity index (χ0n) is 31.4. The van der Waals surface area contributed by atoms with Crippen LogP contribution in [0, 0.1) is 16.0 Å². The maximum absolute atomic E-state index is 14.1. The zero-order valence-corrected chi connectivity index (χ0v) is 31.4. The third kappa shape index (κ3) is 12.6. The molecule has 0 radical (unpaired) electrons. The number of hydrogen-bond acceptors (Lipinski definition) is 12. The van der Waals surface area contributed by atoms with Crippen molar-refractivity contribution in [3.63, 3.8) is 0 Å². The molecule has 0 aromatic heterocycles. The van der Waals surface area contributed by atoms with Crippen molar-refractivity contribution in [3.05, 3.63) is 10.1 Å². The molecular weight excluding hydrogens is 658 g/mol. The number of aliphatic hydroxyl groups excluding tert-OH is 1. The molecule has 0 spiro atoms. The van der Waals surface area contributed by atoms with Crippen LogP contribution in [-0.4, -0.2) is 117 Å². The second-order valence-corrected chi connectivity index (χ2v) is 15.8. The molecule has 2 aliphatic rings. The van der Waals surface area contributed by atoms with Crippen LogP contribution < -0.4 is 16.0 Å². The number of carbonyl (C=O) groups is 5. The number of hydrogen-bond donors (Lipinski definition) is 4. The highest BCUT2D eigenvalue weighted by Gasteiger charge is 2.49. The van der Waals surface area contributed by atoms with Crippen molar-refractivity contribution in [2.45, 2.75) is 168 Å². The molecule has 0 aromatic carbocycles. The van der Waals surface area contributed by atoms with Gasteiger partial charge in [-0.25, -0.2) is 9.59 Å². The topological polar surface area (TPSA) is 225 Å². The summed E-state index contributed by atoms with van der Waals surface area (Å²) in [6.07, 6.45) is -3.52. The fourth-order valence-corrected chi connectivity index (χ4v) is 5.79. The average Bonchev–Trinajstić information content (AvgIpc) is 3.21. The first-order valence-corrected chi connectivity index (χ1v) is 17.0. The van der Waals surface area contributed by atoms with E-state index in [4.69, 9.17) is 18.9 Å². The van der Waals surface area contributed by atoms with E-state index >= 15 is 0 Å². The predicted octanol–water partition coefficient (Wildman–Crippen LogP) is 1.79. The van der Waals surface area contributed by atoms with Gasteiger partial charge < -0.3 is 40.0 Å². The molecule has 50 heavy (non-hydrogen) atoms. The van der Waals surface area contributed by atoms with Crippen LogP contribution in [0.5, 0.6) is 0 Å². The van der Waals surface area contributed by atoms with Crippen LogP contribution in [0.15, 0.2) is 0 Å². The van der Waals surface area contributed by atoms with Gasteiger partial charge in [-0.2, -0.15) is 0 Å². The fourth-order valence-electron chi connectivity index (χ4n) is 5.79. The number of nitrogens with zero attached hydrogens (tertiary/aromatic N) is 2. The Hall–Kier alpha value is -3.57. The number of nitrogens with one attached hydrogen (secondary N) is 3. The van der Waals surface area contributed by atoms with Gasteiger partial charge in [0.15, 0.2) is 5.79 Å². The lowest BCUT2D eigenvalue weighted by atomic mass is 9.92. The van der Waals surface area contributed by atoms with Crippen LogP contribution in [0.4, 0.5) is 4.79 Å². The van der Waals surface area contributed by atoms with E-state index in [0.717, 1.165) is 4.90 Å². The summed E-state index contributed by atoms with van der Waals surface area (Å²) in [5, 5.41) is 29.3. The lowest BCUT2D eigenvalue weighted by Gasteiger charge is -2.44. The number of esters is 1. The van der Waals surface area contributed by atoms with Gasteiger partial charge in [0.1, 0.15) is 41.5 Å². The minimum atomic E-state index is -1.35. The molecule has 0 saturated carbocycles. The van der Waals surface area contributed by atoms with Crippen molar-refractivity contribution < 1.29 is 52.9 Å². The van der Waals surface area contributed by atoms with Crippen LogP contribution in [0.2, 0.25) is 0 Å². The molecule has 286 valence electrons. The lowest BCUT2D eigenvalue weighted by molar-refractivity contribution is -0.490. The highest BCUT2D eigenvalue weighted by atomic mass is 16.8. The van der Waals surface area contributed by atoms with E-state index in [1.165, 1.54) is 13.8 Å². The molecule has 0 aliphatic carbocycles. The average molecular weight is 716 g/mol. The summed E-state index contributed by atoms with van der Waals surface area (Å²) in [5.41, 5.74) is -1.77. The Morgan fingerprint density at radius 3 is 2.08 bits per heavy atom. The van der Waals surface area contributed by atoms with E-state index in [9.17, 15) is 39.2 Å². The van der Waals surface area contributed by atoms with Gasteiger partial charge in [0.05, 0.1) is 18.2 Å². The number of carbonyl (C=O) groups excluding carboxylic acids is 5. The second-order valence-electron chi connectivity index (χ2n) is 15.8. The fraction of sp³-hybridized carbons (Fsp3) is 0.848. The van der Waals surface area contributed by atoms with Crippen molar-refractivity contribution in [3.8, 4) is 0 Å². The Bertz CT molecular complexity index is 1260. The minimum Gasteiger partial charge on any atom is -0.458 e. The monoisotopic (exact) mass is 715 g/mol. The van der Waals surface area contributed by atoms with E-state index in [0.29, 0.717) is 0 Å². The van der Waals surface area contributed by atoms with E-state index in [1.54, 1.807) is 69.2 Å². The molecule has 2 heterocycles. The molecule has 2 aliphatic heterocycles. The molecule has 0 unspecified atom stereocenters. The molecule has 2 rings (SSSR count). The Morgan fingerprint density at radius 1 is 1.00 bits per heavy atom. The van der Waals surface area contributed by atoms with Crippen molar-refractivity contribution in [2.24, 2.45) is 5.92 Å². The first-order chi connectivity index (χ1) is 22.7. The molecule has 2 saturated heterocycles. The number of nitro groups is 1. The van der Waals surface area contributed by atoms with Crippen molar-refractivity contribution in [1.82, 2.24) is 20.9 Å². The molecule has 4 N–H and O–H groups in total. The van der Waals surface area contributed by atoms with Gasteiger partial charge in [0.2, 0.25) is 24.3 Å². The van der Waals surface area contributed by atoms with Crippen LogP contribution in [0.1, 0.15) is 102 Å². The van der Waals surface area contributed by atoms with E-state index in [-0.39, 0.29) is 25.2 Å². The summed E-state index contributed by atoms with van der Waals surface area (Å²) in [6, 6.07) is -5.67. The van der Waals surface area contributed by atoms with Crippen molar-refractivity contribution in [1.29, 1.82) is 0 Å². The van der Waals surface area contributed by atoms with Crippen LogP contribution in [0.25, 0.3) is 0 Å². The van der Waals surface area contributed by atoms with E-state index in [2.05, 4.69) is 16.0 Å². The Labute approximate surface area is 294 Å². The minimum absolute atomic E-state index is 0.0659. The Balaban J connectivity index is 2.37. The molecule has 2 fully saturated rings. The number of aliphatic hydroxyl groups is 1. The molecule has 17 nitrogen and oxygen atoms in total. The first kappa shape index (κ1) is 42.6. The van der Waals surface area contributed by atoms with Gasteiger partial charge in [-0.3, -0.25) is 29.4 Å². The van der Waals surface area contributed by atoms with Gasteiger partial charge in [-0.15, -0.1) is 0 Å². The third-order valence-electron chi connectivity index (χ3n) is 7.97. The number of piperazine rings is 1. The van der Waals surface area contributed by atoms with Crippen LogP contribution >= 0.6 is 0 Å². The number of rotatable bonds is 13. The second kappa shape index (κ2) is 16.6. The number of amides is 4. The molecule has 17 heteroatoms. The molecular formula is C33H57N5O12. The quantitative estimate of drug-likeness (QED) is 0.122. The maximum Gasteiger partial charge on any atom is 0.411 e. The highest BCUT2D eigenvalue weighted by Crippen LogP contribution is 2.34. The van der Waals surface area contributed by atoms with Crippen LogP contribution in [0.3, 0.4) is 0 Å². The van der Waals surface area contributed by atoms with Gasteiger partial charge in [-0.1, -0.05) is 13.8 Å². The van der Waals surface area contributed by atoms with Gasteiger partial charge in [0.25, 0.3) is 0 Å². The third-order valence-corrected chi connectivity index (χ3v) is 7.97. The summed E-state index contributed by atoms with van der Waals surface area (Å²) in [5.74, 6) is -4.04. The smallest absolute Gasteiger partial charge is 0.411 e. The summed E-state index contributed by atoms with van der Waals surface area (Å²) in [7, 11) is 0. The van der Waals surface area contributed by atoms with E-state index in [1.807, 2.05) is 0 Å². The Morgan fingerprint density at radius 2 is 1.56 bits per heavy atom. The lowest BCUT2D eigenvalue weighted by Crippen LogP contribution is -2.71. The highest BCUT2D eigenvalue weighted by molar-refractivity contribution is 5.96. The summed E-state index contributed by atoms with van der Waals surface area (Å²) >= 11 is 0. The van der Waals surface area contributed by atoms with E-state index < -0.39 is 107 Å². The van der Waals surface area contributed by atoms with Gasteiger partial charge in [0, 0.05) is 11.3 Å². The largest absolute Gasteiger partial charge is 0.458 e. The summed E-state index contributed by atoms with van der Waals surface area (Å²) in [6.45, 7) is 19.0. The molecule has 0 bridgehead atoms. The molecule has 0 aromatic rings. The molecule has 8 atom stereocenters. The van der Waals surface area contributed by atoms with Gasteiger partial charge >= 0.3 is 12.1 Å². The predicted molar refractivity (Wildman–Crippen MR) is 179 cm³/mol. The number of ether oxygens (including phenoxy) is 4. The SMILES string of the molecule is CC(C)[C@H](NC(=O)[C@H](C)NC(=O)[C@@H]1[C@H](CC[C@H]2OC(C)(C)O[C@H]2C[C@H](O)C[N+](=O)[O-])NC(=O)[C@H](C)N1C(=O)OC(C)(C)C)C(=O)OC(C)(C)C. The molecule has 4 amide bonds. The zero-order chi connectivity index (χ0) is 38.5. The standard InChI is InChI=1S/C33H57N5O12/c1-17(2)24(29(43)49-31(5,6)7)36-26(40)18(3)34-28(42)25-21(35-27(41)19(4)38(25)30(44)50-32(8,9)10)13-14-22-23(48-33(11,12)47-22)15-20(39)16-37(45)46/h17-25,39H,13-16H2,1-12H3,(H,34,42)(H,35,41)(H,36,40)/t18-,19-,20-,21-,22+,23-,24-,25-/m0/s1. The summed E-state index contributed by atoms with van der Waals surface area (Å²) in [4.78, 5) is 78.3.